The molecular weight excluding hydrogens is 354 g/mol. The standard InChI is InChI=1S/C22H25N3O3/c1-2-28-20-11-6-4-9-18(20)22(27)24-16-21(26)23-13-7-14-25-15-12-17-8-3-5-10-19(17)25/h3-6,8-12,15H,2,7,13-14,16H2,1H3,(H,23,26)(H,24,27). The van der Waals surface area contributed by atoms with Crippen LogP contribution < -0.4 is 15.4 Å². The fourth-order valence-corrected chi connectivity index (χ4v) is 3.07. The van der Waals surface area contributed by atoms with Gasteiger partial charge >= 0.3 is 0 Å². The largest absolute Gasteiger partial charge is 0.493 e. The molecule has 1 heterocycles. The van der Waals surface area contributed by atoms with Gasteiger partial charge in [-0.15, -0.1) is 0 Å². The van der Waals surface area contributed by atoms with Crippen molar-refractivity contribution in [2.45, 2.75) is 19.9 Å². The number of carbonyl (C=O) groups is 2. The highest BCUT2D eigenvalue weighted by atomic mass is 16.5. The third-order valence-corrected chi connectivity index (χ3v) is 4.42. The molecule has 6 heteroatoms. The van der Waals surface area contributed by atoms with Crippen LogP contribution in [0.25, 0.3) is 10.9 Å². The second-order valence-electron chi connectivity index (χ2n) is 6.38. The molecule has 6 nitrogen and oxygen atoms in total. The van der Waals surface area contributed by atoms with Gasteiger partial charge < -0.3 is 19.9 Å². The van der Waals surface area contributed by atoms with Crippen LogP contribution in [0, 0.1) is 0 Å². The predicted molar refractivity (Wildman–Crippen MR) is 110 cm³/mol. The molecule has 28 heavy (non-hydrogen) atoms. The summed E-state index contributed by atoms with van der Waals surface area (Å²) in [6, 6.07) is 17.3. The van der Waals surface area contributed by atoms with E-state index in [9.17, 15) is 9.59 Å². The fourth-order valence-electron chi connectivity index (χ4n) is 3.07. The molecule has 0 radical (unpaired) electrons. The average Bonchev–Trinajstić information content (AvgIpc) is 3.13. The van der Waals surface area contributed by atoms with E-state index in [0.717, 1.165) is 13.0 Å². The zero-order chi connectivity index (χ0) is 19.8. The smallest absolute Gasteiger partial charge is 0.255 e. The van der Waals surface area contributed by atoms with Crippen molar-refractivity contribution in [3.8, 4) is 5.75 Å². The molecule has 3 aromatic rings. The van der Waals surface area contributed by atoms with Crippen LogP contribution in [-0.4, -0.2) is 36.1 Å². The minimum absolute atomic E-state index is 0.0637. The zero-order valence-corrected chi connectivity index (χ0v) is 16.0. The van der Waals surface area contributed by atoms with Gasteiger partial charge in [-0.2, -0.15) is 0 Å². The lowest BCUT2D eigenvalue weighted by molar-refractivity contribution is -0.120. The summed E-state index contributed by atoms with van der Waals surface area (Å²) in [6.45, 7) is 3.64. The summed E-state index contributed by atoms with van der Waals surface area (Å²) in [4.78, 5) is 24.3. The number of para-hydroxylation sites is 2. The highest BCUT2D eigenvalue weighted by Gasteiger charge is 2.12. The minimum Gasteiger partial charge on any atom is -0.493 e. The quantitative estimate of drug-likeness (QED) is 0.562. The maximum atomic E-state index is 12.3. The summed E-state index contributed by atoms with van der Waals surface area (Å²) in [6.07, 6.45) is 2.87. The zero-order valence-electron chi connectivity index (χ0n) is 16.0. The molecule has 2 aromatic carbocycles. The fraction of sp³-hybridized carbons (Fsp3) is 0.273. The maximum absolute atomic E-state index is 12.3. The first-order valence-corrected chi connectivity index (χ1v) is 9.49. The van der Waals surface area contributed by atoms with Crippen molar-refractivity contribution < 1.29 is 14.3 Å². The topological polar surface area (TPSA) is 72.4 Å². The van der Waals surface area contributed by atoms with E-state index in [2.05, 4.69) is 39.6 Å². The molecule has 3 rings (SSSR count). The Morgan fingerprint density at radius 2 is 1.79 bits per heavy atom. The van der Waals surface area contributed by atoms with E-state index in [1.165, 1.54) is 10.9 Å². The summed E-state index contributed by atoms with van der Waals surface area (Å²) < 4.78 is 7.62. The monoisotopic (exact) mass is 379 g/mol. The van der Waals surface area contributed by atoms with Crippen molar-refractivity contribution in [3.05, 3.63) is 66.4 Å². The van der Waals surface area contributed by atoms with Crippen LogP contribution in [0.3, 0.4) is 0 Å². The first-order chi connectivity index (χ1) is 13.7. The highest BCUT2D eigenvalue weighted by Crippen LogP contribution is 2.17. The maximum Gasteiger partial charge on any atom is 0.255 e. The third kappa shape index (κ3) is 4.91. The summed E-state index contributed by atoms with van der Waals surface area (Å²) >= 11 is 0. The number of ether oxygens (including phenoxy) is 1. The van der Waals surface area contributed by atoms with E-state index in [4.69, 9.17) is 4.74 Å². The Kier molecular flexibility index (Phi) is 6.68. The number of aromatic nitrogens is 1. The van der Waals surface area contributed by atoms with Gasteiger partial charge in [-0.3, -0.25) is 9.59 Å². The van der Waals surface area contributed by atoms with E-state index in [0.29, 0.717) is 24.5 Å². The van der Waals surface area contributed by atoms with E-state index >= 15 is 0 Å². The molecule has 1 aromatic heterocycles. The van der Waals surface area contributed by atoms with Gasteiger partial charge in [0.05, 0.1) is 18.7 Å². The van der Waals surface area contributed by atoms with Gasteiger partial charge in [0, 0.05) is 24.8 Å². The van der Waals surface area contributed by atoms with Crippen molar-refractivity contribution in [2.75, 3.05) is 19.7 Å². The van der Waals surface area contributed by atoms with Gasteiger partial charge in [0.1, 0.15) is 5.75 Å². The number of nitrogens with zero attached hydrogens (tertiary/aromatic N) is 1. The lowest BCUT2D eigenvalue weighted by Crippen LogP contribution is -2.37. The predicted octanol–water partition coefficient (Wildman–Crippen LogP) is 2.98. The average molecular weight is 379 g/mol. The summed E-state index contributed by atoms with van der Waals surface area (Å²) in [7, 11) is 0. The number of fused-ring (bicyclic) bond motifs is 1. The number of benzene rings is 2. The number of hydrogen-bond acceptors (Lipinski definition) is 3. The van der Waals surface area contributed by atoms with Crippen LogP contribution in [0.4, 0.5) is 0 Å². The second kappa shape index (κ2) is 9.60. The Morgan fingerprint density at radius 1 is 1.00 bits per heavy atom. The van der Waals surface area contributed by atoms with Crippen molar-refractivity contribution >= 4 is 22.7 Å². The van der Waals surface area contributed by atoms with Crippen LogP contribution in [0.2, 0.25) is 0 Å². The molecule has 146 valence electrons. The second-order valence-corrected chi connectivity index (χ2v) is 6.38. The van der Waals surface area contributed by atoms with Crippen molar-refractivity contribution in [2.24, 2.45) is 0 Å². The molecule has 0 atom stereocenters. The van der Waals surface area contributed by atoms with E-state index in [1.807, 2.05) is 25.1 Å². The Balaban J connectivity index is 1.41. The molecule has 0 saturated heterocycles. The van der Waals surface area contributed by atoms with Crippen LogP contribution in [-0.2, 0) is 11.3 Å². The van der Waals surface area contributed by atoms with E-state index < -0.39 is 0 Å². The number of hydrogen-bond donors (Lipinski definition) is 2. The lowest BCUT2D eigenvalue weighted by Gasteiger charge is -2.11. The van der Waals surface area contributed by atoms with Gasteiger partial charge in [0.15, 0.2) is 0 Å². The number of carbonyl (C=O) groups excluding carboxylic acids is 2. The Hall–Kier alpha value is -3.28. The molecule has 0 aliphatic rings. The first-order valence-electron chi connectivity index (χ1n) is 9.49. The molecule has 2 N–H and O–H groups in total. The van der Waals surface area contributed by atoms with Gasteiger partial charge in [-0.25, -0.2) is 0 Å². The minimum atomic E-state index is -0.321. The number of rotatable bonds is 9. The molecule has 0 unspecified atom stereocenters. The first kappa shape index (κ1) is 19.5. The van der Waals surface area contributed by atoms with Gasteiger partial charge in [-0.1, -0.05) is 30.3 Å². The van der Waals surface area contributed by atoms with Gasteiger partial charge in [-0.05, 0) is 43.0 Å². The molecule has 0 aliphatic heterocycles. The molecule has 0 aliphatic carbocycles. The van der Waals surface area contributed by atoms with Crippen LogP contribution in [0.15, 0.2) is 60.8 Å². The number of amides is 2. The van der Waals surface area contributed by atoms with E-state index in [1.54, 1.807) is 18.2 Å². The molecule has 0 spiro atoms. The van der Waals surface area contributed by atoms with Gasteiger partial charge in [0.25, 0.3) is 5.91 Å². The molecule has 0 saturated carbocycles. The van der Waals surface area contributed by atoms with Crippen molar-refractivity contribution in [3.63, 3.8) is 0 Å². The summed E-state index contributed by atoms with van der Waals surface area (Å²) in [5, 5.41) is 6.69. The lowest BCUT2D eigenvalue weighted by atomic mass is 10.2. The molecule has 0 bridgehead atoms. The van der Waals surface area contributed by atoms with Crippen molar-refractivity contribution in [1.29, 1.82) is 0 Å². The highest BCUT2D eigenvalue weighted by molar-refractivity contribution is 5.98. The third-order valence-electron chi connectivity index (χ3n) is 4.42. The molecular formula is C22H25N3O3. The van der Waals surface area contributed by atoms with Gasteiger partial charge in [0.2, 0.25) is 5.91 Å². The van der Waals surface area contributed by atoms with Crippen LogP contribution in [0.1, 0.15) is 23.7 Å². The Labute approximate surface area is 164 Å². The van der Waals surface area contributed by atoms with Crippen LogP contribution in [0.5, 0.6) is 5.75 Å². The van der Waals surface area contributed by atoms with Crippen LogP contribution >= 0.6 is 0 Å². The number of nitrogens with one attached hydrogen (secondary N) is 2. The summed E-state index contributed by atoms with van der Waals surface area (Å²) in [5.41, 5.74) is 1.62. The Bertz CT molecular complexity index is 949. The normalized spacial score (nSPS) is 10.6. The van der Waals surface area contributed by atoms with Crippen molar-refractivity contribution in [1.82, 2.24) is 15.2 Å². The molecule has 2 amide bonds. The molecule has 0 fully saturated rings. The Morgan fingerprint density at radius 3 is 2.64 bits per heavy atom. The SMILES string of the molecule is CCOc1ccccc1C(=O)NCC(=O)NCCCn1ccc2ccccc21. The van der Waals surface area contributed by atoms with E-state index in [-0.39, 0.29) is 18.4 Å². The number of aryl methyl sites for hydroxylation is 1. The summed E-state index contributed by atoms with van der Waals surface area (Å²) in [5.74, 6) is -0.0144.